The van der Waals surface area contributed by atoms with Crippen molar-refractivity contribution in [1.29, 1.82) is 0 Å². The number of carbonyl (C=O) groups is 4. The van der Waals surface area contributed by atoms with Crippen molar-refractivity contribution in [2.24, 2.45) is 0 Å². The van der Waals surface area contributed by atoms with Gasteiger partial charge in [-0.05, 0) is 18.4 Å². The number of amides is 4. The molecule has 1 aliphatic heterocycles. The molecule has 1 fully saturated rings. The standard InChI is InChI=1S/C11H11N3O5S/c1-5-8(16)12-7(15)4-14(5)11(19)13-9-6(10(17)18)2-3-20-9/h2-3,5H,4H2,1H3,(H,13,19)(H,17,18)(H,12,15,16). The topological polar surface area (TPSA) is 116 Å². The van der Waals surface area contributed by atoms with Gasteiger partial charge < -0.3 is 10.0 Å². The van der Waals surface area contributed by atoms with Crippen LogP contribution < -0.4 is 10.6 Å². The molecule has 9 heteroatoms. The van der Waals surface area contributed by atoms with E-state index in [4.69, 9.17) is 5.11 Å². The van der Waals surface area contributed by atoms with Gasteiger partial charge in [-0.3, -0.25) is 20.2 Å². The van der Waals surface area contributed by atoms with Crippen LogP contribution in [0.5, 0.6) is 0 Å². The van der Waals surface area contributed by atoms with E-state index in [1.165, 1.54) is 18.4 Å². The fourth-order valence-corrected chi connectivity index (χ4v) is 2.47. The molecule has 0 bridgehead atoms. The summed E-state index contributed by atoms with van der Waals surface area (Å²) in [5, 5.41) is 15.1. The van der Waals surface area contributed by atoms with Crippen LogP contribution >= 0.6 is 11.3 Å². The highest BCUT2D eigenvalue weighted by Gasteiger charge is 2.34. The Balaban J connectivity index is 2.15. The Morgan fingerprint density at radius 2 is 2.20 bits per heavy atom. The molecule has 1 aromatic rings. The zero-order valence-electron chi connectivity index (χ0n) is 10.4. The van der Waals surface area contributed by atoms with Crippen LogP contribution in [-0.4, -0.2) is 46.4 Å². The second-order valence-corrected chi connectivity index (χ2v) is 5.03. The highest BCUT2D eigenvalue weighted by Crippen LogP contribution is 2.24. The van der Waals surface area contributed by atoms with Crippen molar-refractivity contribution in [3.8, 4) is 0 Å². The molecular weight excluding hydrogens is 286 g/mol. The Labute approximate surface area is 117 Å². The molecule has 8 nitrogen and oxygen atoms in total. The van der Waals surface area contributed by atoms with Crippen LogP contribution in [0.1, 0.15) is 17.3 Å². The molecule has 1 atom stereocenters. The number of hydrogen-bond acceptors (Lipinski definition) is 5. The minimum absolute atomic E-state index is 0.0382. The lowest BCUT2D eigenvalue weighted by Crippen LogP contribution is -2.59. The highest BCUT2D eigenvalue weighted by molar-refractivity contribution is 7.14. The van der Waals surface area contributed by atoms with Crippen molar-refractivity contribution in [1.82, 2.24) is 10.2 Å². The predicted molar refractivity (Wildman–Crippen MR) is 69.6 cm³/mol. The Morgan fingerprint density at radius 3 is 2.85 bits per heavy atom. The van der Waals surface area contributed by atoms with Gasteiger partial charge in [0.1, 0.15) is 17.6 Å². The SMILES string of the molecule is CC1C(=O)NC(=O)CN1C(=O)Nc1sccc1C(=O)O. The normalized spacial score (nSPS) is 18.6. The van der Waals surface area contributed by atoms with E-state index in [1.54, 1.807) is 0 Å². The lowest BCUT2D eigenvalue weighted by molar-refractivity contribution is -0.137. The molecule has 0 spiro atoms. The van der Waals surface area contributed by atoms with Gasteiger partial charge in [-0.25, -0.2) is 9.59 Å². The van der Waals surface area contributed by atoms with Crippen LogP contribution in [0, 0.1) is 0 Å². The van der Waals surface area contributed by atoms with Crippen LogP contribution in [0.15, 0.2) is 11.4 Å². The number of carboxylic acid groups (broad SMARTS) is 1. The van der Waals surface area contributed by atoms with Crippen molar-refractivity contribution in [3.05, 3.63) is 17.0 Å². The molecule has 4 amide bonds. The second-order valence-electron chi connectivity index (χ2n) is 4.12. The molecule has 0 aliphatic carbocycles. The summed E-state index contributed by atoms with van der Waals surface area (Å²) in [6.45, 7) is 1.22. The molecule has 1 saturated heterocycles. The average Bonchev–Trinajstić information content (AvgIpc) is 2.81. The van der Waals surface area contributed by atoms with Gasteiger partial charge >= 0.3 is 12.0 Å². The Morgan fingerprint density at radius 1 is 1.50 bits per heavy atom. The van der Waals surface area contributed by atoms with Gasteiger partial charge in [0, 0.05) is 0 Å². The van der Waals surface area contributed by atoms with E-state index >= 15 is 0 Å². The Kier molecular flexibility index (Phi) is 3.70. The van der Waals surface area contributed by atoms with E-state index in [1.807, 2.05) is 0 Å². The van der Waals surface area contributed by atoms with Gasteiger partial charge in [0.05, 0.1) is 5.56 Å². The lowest BCUT2D eigenvalue weighted by Gasteiger charge is -2.31. The molecule has 1 aliphatic rings. The number of urea groups is 1. The smallest absolute Gasteiger partial charge is 0.338 e. The van der Waals surface area contributed by atoms with Gasteiger partial charge in [-0.2, -0.15) is 0 Å². The number of nitrogens with zero attached hydrogens (tertiary/aromatic N) is 1. The van der Waals surface area contributed by atoms with Crippen molar-refractivity contribution >= 4 is 40.2 Å². The maximum absolute atomic E-state index is 12.0. The summed E-state index contributed by atoms with van der Waals surface area (Å²) in [7, 11) is 0. The number of nitrogens with one attached hydrogen (secondary N) is 2. The predicted octanol–water partition coefficient (Wildman–Crippen LogP) is 0.325. The number of aromatic carboxylic acids is 1. The summed E-state index contributed by atoms with van der Waals surface area (Å²) in [4.78, 5) is 46.7. The summed E-state index contributed by atoms with van der Waals surface area (Å²) in [5.74, 6) is -2.31. The fraction of sp³-hybridized carbons (Fsp3) is 0.273. The van der Waals surface area contributed by atoms with Crippen LogP contribution in [-0.2, 0) is 9.59 Å². The van der Waals surface area contributed by atoms with E-state index < -0.39 is 29.9 Å². The summed E-state index contributed by atoms with van der Waals surface area (Å²) in [5.41, 5.74) is -0.0382. The van der Waals surface area contributed by atoms with Crippen molar-refractivity contribution in [2.75, 3.05) is 11.9 Å². The number of imide groups is 1. The van der Waals surface area contributed by atoms with E-state index in [0.717, 1.165) is 16.2 Å². The van der Waals surface area contributed by atoms with Crippen LogP contribution in [0.2, 0.25) is 0 Å². The molecule has 0 saturated carbocycles. The largest absolute Gasteiger partial charge is 0.478 e. The minimum Gasteiger partial charge on any atom is -0.478 e. The molecule has 106 valence electrons. The van der Waals surface area contributed by atoms with Gasteiger partial charge in [-0.15, -0.1) is 11.3 Å². The third-order valence-electron chi connectivity index (χ3n) is 2.80. The maximum Gasteiger partial charge on any atom is 0.338 e. The molecule has 20 heavy (non-hydrogen) atoms. The van der Waals surface area contributed by atoms with Crippen molar-refractivity contribution < 1.29 is 24.3 Å². The summed E-state index contributed by atoms with van der Waals surface area (Å²) < 4.78 is 0. The summed E-state index contributed by atoms with van der Waals surface area (Å²) in [6, 6.07) is -0.133. The number of anilines is 1. The van der Waals surface area contributed by atoms with Gasteiger partial charge in [-0.1, -0.05) is 0 Å². The zero-order valence-corrected chi connectivity index (χ0v) is 11.2. The Bertz CT molecular complexity index is 597. The fourth-order valence-electron chi connectivity index (χ4n) is 1.71. The first-order chi connectivity index (χ1) is 9.40. The number of hydrogen-bond donors (Lipinski definition) is 3. The third kappa shape index (κ3) is 2.62. The highest BCUT2D eigenvalue weighted by atomic mass is 32.1. The molecule has 2 rings (SSSR count). The molecule has 1 aromatic heterocycles. The first-order valence-electron chi connectivity index (χ1n) is 5.62. The maximum atomic E-state index is 12.0. The van der Waals surface area contributed by atoms with Crippen LogP contribution in [0.25, 0.3) is 0 Å². The quantitative estimate of drug-likeness (QED) is 0.680. The molecule has 0 aromatic carbocycles. The van der Waals surface area contributed by atoms with E-state index in [0.29, 0.717) is 0 Å². The lowest BCUT2D eigenvalue weighted by atomic mass is 10.2. The number of carbonyl (C=O) groups excluding carboxylic acids is 3. The first kappa shape index (κ1) is 14.0. The summed E-state index contributed by atoms with van der Waals surface area (Å²) >= 11 is 1.05. The summed E-state index contributed by atoms with van der Waals surface area (Å²) in [6.07, 6.45) is 0. The van der Waals surface area contributed by atoms with Crippen LogP contribution in [0.3, 0.4) is 0 Å². The number of thiophene rings is 1. The molecular formula is C11H11N3O5S. The van der Waals surface area contributed by atoms with E-state index in [9.17, 15) is 19.2 Å². The van der Waals surface area contributed by atoms with Gasteiger partial charge in [0.15, 0.2) is 0 Å². The van der Waals surface area contributed by atoms with Crippen LogP contribution in [0.4, 0.5) is 9.80 Å². The average molecular weight is 297 g/mol. The van der Waals surface area contributed by atoms with Crippen molar-refractivity contribution in [3.63, 3.8) is 0 Å². The minimum atomic E-state index is -1.16. The first-order valence-corrected chi connectivity index (χ1v) is 6.50. The number of rotatable bonds is 2. The second kappa shape index (κ2) is 5.29. The molecule has 2 heterocycles. The number of piperazine rings is 1. The monoisotopic (exact) mass is 297 g/mol. The van der Waals surface area contributed by atoms with Gasteiger partial charge in [0.25, 0.3) is 0 Å². The van der Waals surface area contributed by atoms with Gasteiger partial charge in [0.2, 0.25) is 11.8 Å². The third-order valence-corrected chi connectivity index (χ3v) is 3.63. The van der Waals surface area contributed by atoms with E-state index in [-0.39, 0.29) is 17.1 Å². The van der Waals surface area contributed by atoms with E-state index in [2.05, 4.69) is 10.6 Å². The Hall–Kier alpha value is -2.42. The molecule has 1 unspecified atom stereocenters. The zero-order chi connectivity index (χ0) is 14.9. The molecule has 0 radical (unpaired) electrons. The van der Waals surface area contributed by atoms with Crippen molar-refractivity contribution in [2.45, 2.75) is 13.0 Å². The molecule has 3 N–H and O–H groups in total. The number of carboxylic acids is 1.